The Kier molecular flexibility index (Phi) is 5.48. The number of benzene rings is 1. The van der Waals surface area contributed by atoms with Gasteiger partial charge in [0.1, 0.15) is 11.9 Å². The Hall–Kier alpha value is -1.73. The Labute approximate surface area is 161 Å². The van der Waals surface area contributed by atoms with Crippen LogP contribution in [0.15, 0.2) is 23.2 Å². The second-order valence-electron chi connectivity index (χ2n) is 6.94. The van der Waals surface area contributed by atoms with Crippen LogP contribution in [0.4, 0.5) is 0 Å². The molecule has 2 heterocycles. The number of hydrogen-bond acceptors (Lipinski definition) is 5. The van der Waals surface area contributed by atoms with E-state index in [2.05, 4.69) is 18.8 Å². The molecule has 3 rings (SSSR count). The molecule has 0 radical (unpaired) electrons. The molecule has 0 aliphatic carbocycles. The number of hydrogen-bond donors (Lipinski definition) is 0. The summed E-state index contributed by atoms with van der Waals surface area (Å²) in [7, 11) is 1.50. The molecule has 2 aliphatic heterocycles. The molecule has 1 aromatic carbocycles. The summed E-state index contributed by atoms with van der Waals surface area (Å²) in [5.74, 6) is -0.139. The molecule has 0 spiro atoms. The minimum Gasteiger partial charge on any atom is -0.496 e. The quantitative estimate of drug-likeness (QED) is 0.727. The summed E-state index contributed by atoms with van der Waals surface area (Å²) in [6.45, 7) is 5.46. The van der Waals surface area contributed by atoms with Gasteiger partial charge in [0, 0.05) is 22.7 Å². The van der Waals surface area contributed by atoms with E-state index < -0.39 is 5.91 Å². The van der Waals surface area contributed by atoms with Crippen LogP contribution in [0.2, 0.25) is 5.02 Å². The van der Waals surface area contributed by atoms with Gasteiger partial charge in [0.2, 0.25) is 0 Å². The van der Waals surface area contributed by atoms with Crippen molar-refractivity contribution in [3.63, 3.8) is 0 Å². The maximum atomic E-state index is 12.7. The molecular formula is C18H21ClN2O4S. The molecule has 0 unspecified atom stereocenters. The first-order valence-electron chi connectivity index (χ1n) is 8.37. The highest BCUT2D eigenvalue weighted by Crippen LogP contribution is 2.37. The first-order chi connectivity index (χ1) is 12.3. The fourth-order valence-electron chi connectivity index (χ4n) is 3.06. The van der Waals surface area contributed by atoms with Crippen LogP contribution in [0.5, 0.6) is 5.75 Å². The van der Waals surface area contributed by atoms with Gasteiger partial charge in [0.15, 0.2) is 5.17 Å². The van der Waals surface area contributed by atoms with Crippen LogP contribution >= 0.6 is 23.4 Å². The number of carbonyl (C=O) groups excluding carboxylic acids is 2. The van der Waals surface area contributed by atoms with Crippen LogP contribution in [-0.2, 0) is 9.53 Å². The molecule has 26 heavy (non-hydrogen) atoms. The minimum atomic E-state index is -0.405. The zero-order valence-electron chi connectivity index (χ0n) is 15.0. The summed E-state index contributed by atoms with van der Waals surface area (Å²) >= 11 is 7.56. The number of methoxy groups -OCH3 is 1. The minimum absolute atomic E-state index is 0.0832. The van der Waals surface area contributed by atoms with Crippen LogP contribution in [-0.4, -0.2) is 53.0 Å². The standard InChI is InChI=1S/C18H21ClN2O4S/c1-18(2)10-21(9-12-5-7-15(22)25-12)17(26-18)20-16(23)13-8-11(19)4-6-14(13)24-3/h4,6,8,12H,5,7,9-10H2,1-3H3/t12-/m1/s1. The number of nitrogens with zero attached hydrogens (tertiary/aromatic N) is 2. The third-order valence-corrected chi connectivity index (χ3v) is 5.64. The maximum absolute atomic E-state index is 12.7. The molecule has 8 heteroatoms. The van der Waals surface area contributed by atoms with Gasteiger partial charge in [-0.1, -0.05) is 23.4 Å². The molecule has 140 valence electrons. The van der Waals surface area contributed by atoms with Crippen molar-refractivity contribution in [2.45, 2.75) is 37.5 Å². The van der Waals surface area contributed by atoms with E-state index >= 15 is 0 Å². The highest BCUT2D eigenvalue weighted by atomic mass is 35.5. The number of amides is 1. The lowest BCUT2D eigenvalue weighted by Gasteiger charge is -2.22. The summed E-state index contributed by atoms with van der Waals surface area (Å²) in [5, 5.41) is 1.08. The van der Waals surface area contributed by atoms with E-state index in [1.54, 1.807) is 30.0 Å². The third kappa shape index (κ3) is 4.32. The average Bonchev–Trinajstić information content (AvgIpc) is 3.09. The van der Waals surface area contributed by atoms with Crippen molar-refractivity contribution in [3.05, 3.63) is 28.8 Å². The summed E-state index contributed by atoms with van der Waals surface area (Å²) in [6.07, 6.45) is 0.988. The summed E-state index contributed by atoms with van der Waals surface area (Å²) in [4.78, 5) is 30.4. The van der Waals surface area contributed by atoms with Crippen molar-refractivity contribution < 1.29 is 19.1 Å². The molecule has 0 saturated carbocycles. The monoisotopic (exact) mass is 396 g/mol. The molecular weight excluding hydrogens is 376 g/mol. The van der Waals surface area contributed by atoms with E-state index in [-0.39, 0.29) is 16.8 Å². The number of amidine groups is 1. The SMILES string of the molecule is COc1ccc(Cl)cc1C(=O)N=C1SC(C)(C)CN1C[C@H]1CCC(=O)O1. The lowest BCUT2D eigenvalue weighted by atomic mass is 10.1. The number of ether oxygens (including phenoxy) is 2. The molecule has 0 aromatic heterocycles. The van der Waals surface area contributed by atoms with E-state index in [0.717, 1.165) is 6.54 Å². The van der Waals surface area contributed by atoms with Crippen LogP contribution < -0.4 is 4.74 Å². The smallest absolute Gasteiger partial charge is 0.306 e. The molecule has 0 N–H and O–H groups in total. The highest BCUT2D eigenvalue weighted by molar-refractivity contribution is 8.15. The average molecular weight is 397 g/mol. The largest absolute Gasteiger partial charge is 0.496 e. The van der Waals surface area contributed by atoms with Crippen LogP contribution in [0.25, 0.3) is 0 Å². The summed E-state index contributed by atoms with van der Waals surface area (Å²) in [6, 6.07) is 4.87. The number of thioether (sulfide) groups is 1. The van der Waals surface area contributed by atoms with Gasteiger partial charge < -0.3 is 14.4 Å². The summed E-state index contributed by atoms with van der Waals surface area (Å²) in [5.41, 5.74) is 0.324. The van der Waals surface area contributed by atoms with Gasteiger partial charge in [-0.15, -0.1) is 0 Å². The van der Waals surface area contributed by atoms with Crippen molar-refractivity contribution in [3.8, 4) is 5.75 Å². The predicted molar refractivity (Wildman–Crippen MR) is 102 cm³/mol. The topological polar surface area (TPSA) is 68.2 Å². The fourth-order valence-corrected chi connectivity index (χ4v) is 4.34. The van der Waals surface area contributed by atoms with E-state index in [0.29, 0.717) is 40.9 Å². The van der Waals surface area contributed by atoms with Gasteiger partial charge in [0.05, 0.1) is 19.2 Å². The molecule has 6 nitrogen and oxygen atoms in total. The van der Waals surface area contributed by atoms with Crippen molar-refractivity contribution in [1.82, 2.24) is 4.90 Å². The van der Waals surface area contributed by atoms with E-state index in [1.807, 2.05) is 4.90 Å². The van der Waals surface area contributed by atoms with Gasteiger partial charge in [-0.05, 0) is 38.5 Å². The van der Waals surface area contributed by atoms with Crippen molar-refractivity contribution in [2.75, 3.05) is 20.2 Å². The van der Waals surface area contributed by atoms with Gasteiger partial charge in [0.25, 0.3) is 5.91 Å². The number of cyclic esters (lactones) is 1. The van der Waals surface area contributed by atoms with Crippen LogP contribution in [0.1, 0.15) is 37.0 Å². The number of halogens is 1. The number of esters is 1. The zero-order valence-corrected chi connectivity index (χ0v) is 16.5. The third-order valence-electron chi connectivity index (χ3n) is 4.19. The summed E-state index contributed by atoms with van der Waals surface area (Å²) < 4.78 is 10.5. The molecule has 2 fully saturated rings. The number of aliphatic imine (C=N–C) groups is 1. The van der Waals surface area contributed by atoms with Crippen molar-refractivity contribution in [2.24, 2.45) is 4.99 Å². The lowest BCUT2D eigenvalue weighted by Crippen LogP contribution is -2.35. The van der Waals surface area contributed by atoms with Crippen molar-refractivity contribution in [1.29, 1.82) is 0 Å². The second-order valence-corrected chi connectivity index (χ2v) is 9.05. The molecule has 2 aliphatic rings. The lowest BCUT2D eigenvalue weighted by molar-refractivity contribution is -0.141. The molecule has 1 amide bonds. The predicted octanol–water partition coefficient (Wildman–Crippen LogP) is 3.38. The van der Waals surface area contributed by atoms with E-state index in [1.165, 1.54) is 7.11 Å². The maximum Gasteiger partial charge on any atom is 0.306 e. The Bertz CT molecular complexity index is 766. The van der Waals surface area contributed by atoms with Gasteiger partial charge in [-0.25, -0.2) is 0 Å². The number of carbonyl (C=O) groups is 2. The fraction of sp³-hybridized carbons (Fsp3) is 0.500. The highest BCUT2D eigenvalue weighted by Gasteiger charge is 2.38. The first kappa shape index (κ1) is 19.0. The molecule has 2 saturated heterocycles. The second kappa shape index (κ2) is 7.48. The zero-order chi connectivity index (χ0) is 18.9. The van der Waals surface area contributed by atoms with Gasteiger partial charge >= 0.3 is 5.97 Å². The Morgan fingerprint density at radius 1 is 1.50 bits per heavy atom. The Morgan fingerprint density at radius 3 is 2.92 bits per heavy atom. The Balaban J connectivity index is 1.83. The van der Waals surface area contributed by atoms with Gasteiger partial charge in [-0.3, -0.25) is 9.59 Å². The number of rotatable bonds is 4. The van der Waals surface area contributed by atoms with E-state index in [4.69, 9.17) is 21.1 Å². The first-order valence-corrected chi connectivity index (χ1v) is 9.57. The van der Waals surface area contributed by atoms with Crippen molar-refractivity contribution >= 4 is 40.4 Å². The van der Waals surface area contributed by atoms with Crippen LogP contribution in [0, 0.1) is 0 Å². The molecule has 1 atom stereocenters. The molecule has 1 aromatic rings. The Morgan fingerprint density at radius 2 is 2.27 bits per heavy atom. The normalized spacial score (nSPS) is 23.4. The van der Waals surface area contributed by atoms with Gasteiger partial charge in [-0.2, -0.15) is 4.99 Å². The molecule has 0 bridgehead atoms. The van der Waals surface area contributed by atoms with Crippen LogP contribution in [0.3, 0.4) is 0 Å². The van der Waals surface area contributed by atoms with E-state index in [9.17, 15) is 9.59 Å².